The zero-order valence-electron chi connectivity index (χ0n) is 10.8. The maximum absolute atomic E-state index is 13.8. The summed E-state index contributed by atoms with van der Waals surface area (Å²) in [5, 5.41) is 19.5. The summed E-state index contributed by atoms with van der Waals surface area (Å²) < 4.78 is 32.6. The normalized spacial score (nSPS) is 10.0. The maximum Gasteiger partial charge on any atom is 0.311 e. The number of nitrogens with zero attached hydrogens (tertiary/aromatic N) is 2. The number of nitriles is 1. The van der Waals surface area contributed by atoms with Gasteiger partial charge in [0.15, 0.2) is 17.4 Å². The lowest BCUT2D eigenvalue weighted by molar-refractivity contribution is -0.385. The first-order chi connectivity index (χ1) is 9.93. The van der Waals surface area contributed by atoms with Gasteiger partial charge < -0.3 is 4.74 Å². The number of halogens is 2. The van der Waals surface area contributed by atoms with Gasteiger partial charge >= 0.3 is 5.69 Å². The van der Waals surface area contributed by atoms with Gasteiger partial charge in [-0.2, -0.15) is 5.26 Å². The number of nitro benzene ring substituents is 1. The lowest BCUT2D eigenvalue weighted by atomic mass is 10.2. The fourth-order valence-corrected chi connectivity index (χ4v) is 1.74. The molecule has 106 valence electrons. The molecule has 0 bridgehead atoms. The van der Waals surface area contributed by atoms with Crippen molar-refractivity contribution in [3.63, 3.8) is 0 Å². The number of nitro groups is 1. The second-order valence-corrected chi connectivity index (χ2v) is 4.16. The number of hydrogen-bond acceptors (Lipinski definition) is 4. The van der Waals surface area contributed by atoms with Crippen LogP contribution >= 0.6 is 0 Å². The van der Waals surface area contributed by atoms with Crippen LogP contribution in [0.5, 0.6) is 11.5 Å². The summed E-state index contributed by atoms with van der Waals surface area (Å²) in [6.45, 7) is 1.52. The van der Waals surface area contributed by atoms with Gasteiger partial charge in [0.25, 0.3) is 0 Å². The molecule has 0 aliphatic carbocycles. The first-order valence-corrected chi connectivity index (χ1v) is 5.75. The Balaban J connectivity index is 2.54. The predicted octanol–water partition coefficient (Wildman–Crippen LogP) is 3.85. The molecular weight excluding hydrogens is 282 g/mol. The van der Waals surface area contributed by atoms with Crippen molar-refractivity contribution < 1.29 is 18.4 Å². The SMILES string of the molecule is Cc1cccc([N+](=O)[O-])c1Oc1c(F)cc(C#N)cc1F. The third-order valence-corrected chi connectivity index (χ3v) is 2.72. The van der Waals surface area contributed by atoms with Crippen LogP contribution in [0, 0.1) is 40.0 Å². The Labute approximate surface area is 118 Å². The van der Waals surface area contributed by atoms with Crippen LogP contribution in [0.4, 0.5) is 14.5 Å². The fourth-order valence-electron chi connectivity index (χ4n) is 1.74. The van der Waals surface area contributed by atoms with Crippen molar-refractivity contribution in [2.24, 2.45) is 0 Å². The summed E-state index contributed by atoms with van der Waals surface area (Å²) in [7, 11) is 0. The van der Waals surface area contributed by atoms with E-state index in [9.17, 15) is 18.9 Å². The fraction of sp³-hybridized carbons (Fsp3) is 0.0714. The lowest BCUT2D eigenvalue weighted by Gasteiger charge is -2.10. The van der Waals surface area contributed by atoms with E-state index in [4.69, 9.17) is 10.00 Å². The number of ether oxygens (including phenoxy) is 1. The van der Waals surface area contributed by atoms with Gasteiger partial charge in [0.1, 0.15) is 0 Å². The highest BCUT2D eigenvalue weighted by molar-refractivity contribution is 5.53. The monoisotopic (exact) mass is 290 g/mol. The van der Waals surface area contributed by atoms with E-state index in [-0.39, 0.29) is 11.3 Å². The molecule has 2 rings (SSSR count). The van der Waals surface area contributed by atoms with E-state index in [0.717, 1.165) is 12.1 Å². The van der Waals surface area contributed by atoms with Crippen molar-refractivity contribution in [2.75, 3.05) is 0 Å². The van der Waals surface area contributed by atoms with Gasteiger partial charge in [0.2, 0.25) is 5.75 Å². The first-order valence-electron chi connectivity index (χ1n) is 5.75. The van der Waals surface area contributed by atoms with E-state index < -0.39 is 28.0 Å². The predicted molar refractivity (Wildman–Crippen MR) is 69.0 cm³/mol. The van der Waals surface area contributed by atoms with Crippen molar-refractivity contribution in [2.45, 2.75) is 6.92 Å². The maximum atomic E-state index is 13.8. The largest absolute Gasteiger partial charge is 0.444 e. The van der Waals surface area contributed by atoms with Crippen LogP contribution < -0.4 is 4.74 Å². The van der Waals surface area contributed by atoms with Crippen molar-refractivity contribution >= 4 is 5.69 Å². The van der Waals surface area contributed by atoms with Crippen LogP contribution in [0.25, 0.3) is 0 Å². The Bertz CT molecular complexity index is 746. The third kappa shape index (κ3) is 2.79. The van der Waals surface area contributed by atoms with Crippen molar-refractivity contribution in [1.29, 1.82) is 5.26 Å². The molecule has 0 heterocycles. The molecule has 0 aliphatic heterocycles. The second-order valence-electron chi connectivity index (χ2n) is 4.16. The summed E-state index contributed by atoms with van der Waals surface area (Å²) in [6, 6.07) is 7.31. The smallest absolute Gasteiger partial charge is 0.311 e. The van der Waals surface area contributed by atoms with Crippen LogP contribution in [0.1, 0.15) is 11.1 Å². The van der Waals surface area contributed by atoms with Gasteiger partial charge in [-0.15, -0.1) is 0 Å². The molecule has 0 N–H and O–H groups in total. The van der Waals surface area contributed by atoms with E-state index in [1.807, 2.05) is 0 Å². The Hall–Kier alpha value is -3.01. The summed E-state index contributed by atoms with van der Waals surface area (Å²) in [4.78, 5) is 10.2. The molecule has 0 amide bonds. The van der Waals surface area contributed by atoms with Crippen LogP contribution in [0.15, 0.2) is 30.3 Å². The summed E-state index contributed by atoms with van der Waals surface area (Å²) in [5.41, 5.74) is -0.262. The highest BCUT2D eigenvalue weighted by atomic mass is 19.1. The zero-order chi connectivity index (χ0) is 15.6. The van der Waals surface area contributed by atoms with Gasteiger partial charge in [0.05, 0.1) is 16.6 Å². The number of rotatable bonds is 3. The van der Waals surface area contributed by atoms with E-state index in [1.54, 1.807) is 6.07 Å². The lowest BCUT2D eigenvalue weighted by Crippen LogP contribution is -1.99. The molecule has 0 aliphatic rings. The molecule has 2 aromatic carbocycles. The third-order valence-electron chi connectivity index (χ3n) is 2.72. The minimum atomic E-state index is -1.11. The van der Waals surface area contributed by atoms with Crippen molar-refractivity contribution in [1.82, 2.24) is 0 Å². The van der Waals surface area contributed by atoms with Crippen LogP contribution in [0.2, 0.25) is 0 Å². The number of para-hydroxylation sites is 1. The number of hydrogen-bond donors (Lipinski definition) is 0. The summed E-state index contributed by atoms with van der Waals surface area (Å²) >= 11 is 0. The van der Waals surface area contributed by atoms with Gasteiger partial charge in [-0.1, -0.05) is 12.1 Å². The van der Waals surface area contributed by atoms with Crippen molar-refractivity contribution in [3.8, 4) is 17.6 Å². The topological polar surface area (TPSA) is 76.2 Å². The molecule has 2 aromatic rings. The molecule has 5 nitrogen and oxygen atoms in total. The van der Waals surface area contributed by atoms with E-state index in [1.165, 1.54) is 25.1 Å². The van der Waals surface area contributed by atoms with Crippen LogP contribution in [-0.4, -0.2) is 4.92 Å². The molecule has 0 radical (unpaired) electrons. The molecule has 0 saturated carbocycles. The summed E-state index contributed by atoms with van der Waals surface area (Å²) in [6.07, 6.45) is 0. The molecule has 7 heteroatoms. The molecule has 0 unspecified atom stereocenters. The molecule has 0 atom stereocenters. The average Bonchev–Trinajstić information content (AvgIpc) is 2.43. The minimum absolute atomic E-state index is 0.211. The first kappa shape index (κ1) is 14.4. The van der Waals surface area contributed by atoms with Crippen LogP contribution in [-0.2, 0) is 0 Å². The van der Waals surface area contributed by atoms with Gasteiger partial charge in [-0.25, -0.2) is 8.78 Å². The zero-order valence-corrected chi connectivity index (χ0v) is 10.8. The Morgan fingerprint density at radius 3 is 2.38 bits per heavy atom. The Morgan fingerprint density at radius 2 is 1.86 bits per heavy atom. The molecular formula is C14H8F2N2O3. The van der Waals surface area contributed by atoms with Crippen molar-refractivity contribution in [3.05, 3.63) is 63.2 Å². The molecule has 0 fully saturated rings. The van der Waals surface area contributed by atoms with E-state index in [2.05, 4.69) is 0 Å². The van der Waals surface area contributed by atoms with Gasteiger partial charge in [-0.05, 0) is 24.6 Å². The highest BCUT2D eigenvalue weighted by Gasteiger charge is 2.21. The van der Waals surface area contributed by atoms with E-state index >= 15 is 0 Å². The van der Waals surface area contributed by atoms with Gasteiger partial charge in [0, 0.05) is 6.07 Å². The molecule has 0 spiro atoms. The average molecular weight is 290 g/mol. The van der Waals surface area contributed by atoms with Gasteiger partial charge in [-0.3, -0.25) is 10.1 Å². The minimum Gasteiger partial charge on any atom is -0.444 e. The molecule has 21 heavy (non-hydrogen) atoms. The number of aryl methyl sites for hydroxylation is 1. The quantitative estimate of drug-likeness (QED) is 0.635. The molecule has 0 aromatic heterocycles. The Kier molecular flexibility index (Phi) is 3.80. The summed E-state index contributed by atoms with van der Waals surface area (Å²) in [5.74, 6) is -3.25. The van der Waals surface area contributed by atoms with Crippen LogP contribution in [0.3, 0.4) is 0 Å². The standard InChI is InChI=1S/C14H8F2N2O3/c1-8-3-2-4-12(18(19)20)13(8)21-14-10(15)5-9(7-17)6-11(14)16/h2-6H,1H3. The molecule has 0 saturated heterocycles. The van der Waals surface area contributed by atoms with E-state index in [0.29, 0.717) is 5.56 Å². The highest BCUT2D eigenvalue weighted by Crippen LogP contribution is 2.36. The second kappa shape index (κ2) is 5.54. The number of benzene rings is 2. The Morgan fingerprint density at radius 1 is 1.24 bits per heavy atom.